The van der Waals surface area contributed by atoms with Gasteiger partial charge in [0, 0.05) is 12.8 Å². The van der Waals surface area contributed by atoms with Gasteiger partial charge in [-0.05, 0) is 46.0 Å². The summed E-state index contributed by atoms with van der Waals surface area (Å²) in [5, 5.41) is 0. The van der Waals surface area contributed by atoms with Crippen LogP contribution in [0.15, 0.2) is 22.7 Å². The number of benzene rings is 1. The van der Waals surface area contributed by atoms with Crippen molar-refractivity contribution in [2.24, 2.45) is 5.92 Å². The van der Waals surface area contributed by atoms with E-state index in [0.29, 0.717) is 24.5 Å². The number of ketones is 1. The number of hydrogen-bond acceptors (Lipinski definition) is 2. The first-order chi connectivity index (χ1) is 8.02. The van der Waals surface area contributed by atoms with E-state index in [1.165, 1.54) is 0 Å². The molecular formula is C14H19BrO2. The number of methoxy groups -OCH3 is 1. The highest BCUT2D eigenvalue weighted by Gasteiger charge is 2.07. The Morgan fingerprint density at radius 1 is 1.41 bits per heavy atom. The van der Waals surface area contributed by atoms with E-state index >= 15 is 0 Å². The summed E-state index contributed by atoms with van der Waals surface area (Å²) < 4.78 is 6.05. The molecule has 17 heavy (non-hydrogen) atoms. The first kappa shape index (κ1) is 14.2. The Bertz CT molecular complexity index is 386. The van der Waals surface area contributed by atoms with Crippen molar-refractivity contribution < 1.29 is 9.53 Å². The van der Waals surface area contributed by atoms with Gasteiger partial charge in [-0.25, -0.2) is 0 Å². The summed E-state index contributed by atoms with van der Waals surface area (Å²) in [6.45, 7) is 4.27. The fourth-order valence-corrected chi connectivity index (χ4v) is 2.17. The molecule has 2 nitrogen and oxygen atoms in total. The molecule has 0 amide bonds. The van der Waals surface area contributed by atoms with Crippen molar-refractivity contribution in [2.75, 3.05) is 7.11 Å². The van der Waals surface area contributed by atoms with Crippen LogP contribution in [0.1, 0.15) is 32.3 Å². The quantitative estimate of drug-likeness (QED) is 0.793. The smallest absolute Gasteiger partial charge is 0.137 e. The van der Waals surface area contributed by atoms with E-state index in [9.17, 15) is 4.79 Å². The molecule has 1 aromatic rings. The monoisotopic (exact) mass is 298 g/mol. The molecule has 94 valence electrons. The summed E-state index contributed by atoms with van der Waals surface area (Å²) >= 11 is 3.42. The second-order valence-corrected chi connectivity index (χ2v) is 5.47. The molecule has 0 aliphatic carbocycles. The normalized spacial score (nSPS) is 10.6. The van der Waals surface area contributed by atoms with Crippen LogP contribution in [0.5, 0.6) is 5.75 Å². The molecule has 0 aliphatic rings. The van der Waals surface area contributed by atoms with Gasteiger partial charge in [-0.1, -0.05) is 19.9 Å². The Balaban J connectivity index is 2.57. The van der Waals surface area contributed by atoms with Gasteiger partial charge in [0.05, 0.1) is 11.6 Å². The Hall–Kier alpha value is -0.830. The van der Waals surface area contributed by atoms with Gasteiger partial charge in [0.2, 0.25) is 0 Å². The molecule has 0 aromatic heterocycles. The largest absolute Gasteiger partial charge is 0.496 e. The number of rotatable bonds is 6. The summed E-state index contributed by atoms with van der Waals surface area (Å²) in [4.78, 5) is 11.7. The topological polar surface area (TPSA) is 26.3 Å². The lowest BCUT2D eigenvalue weighted by Gasteiger charge is -2.07. The van der Waals surface area contributed by atoms with Crippen molar-refractivity contribution in [3.63, 3.8) is 0 Å². The number of carbonyl (C=O) groups excluding carboxylic acids is 1. The molecule has 0 bridgehead atoms. The zero-order valence-corrected chi connectivity index (χ0v) is 12.2. The van der Waals surface area contributed by atoms with E-state index in [1.807, 2.05) is 18.2 Å². The second-order valence-electron chi connectivity index (χ2n) is 4.62. The van der Waals surface area contributed by atoms with Gasteiger partial charge in [-0.15, -0.1) is 0 Å². The average molecular weight is 299 g/mol. The van der Waals surface area contributed by atoms with Gasteiger partial charge in [-0.3, -0.25) is 4.79 Å². The molecule has 1 rings (SSSR count). The molecule has 0 radical (unpaired) electrons. The van der Waals surface area contributed by atoms with Gasteiger partial charge in [0.1, 0.15) is 11.5 Å². The van der Waals surface area contributed by atoms with E-state index in [4.69, 9.17) is 4.74 Å². The van der Waals surface area contributed by atoms with Crippen LogP contribution < -0.4 is 4.74 Å². The van der Waals surface area contributed by atoms with Crippen LogP contribution in [0.2, 0.25) is 0 Å². The minimum Gasteiger partial charge on any atom is -0.496 e. The maximum atomic E-state index is 11.7. The maximum absolute atomic E-state index is 11.7. The molecule has 0 spiro atoms. The van der Waals surface area contributed by atoms with E-state index in [-0.39, 0.29) is 0 Å². The predicted molar refractivity (Wildman–Crippen MR) is 73.5 cm³/mol. The van der Waals surface area contributed by atoms with Gasteiger partial charge in [0.25, 0.3) is 0 Å². The van der Waals surface area contributed by atoms with Crippen molar-refractivity contribution in [1.29, 1.82) is 0 Å². The highest BCUT2D eigenvalue weighted by atomic mass is 79.9. The molecule has 0 unspecified atom stereocenters. The molecule has 0 saturated carbocycles. The number of carbonyl (C=O) groups is 1. The summed E-state index contributed by atoms with van der Waals surface area (Å²) in [6, 6.07) is 5.78. The lowest BCUT2D eigenvalue weighted by atomic mass is 10.0. The van der Waals surface area contributed by atoms with Crippen LogP contribution in [0.3, 0.4) is 0 Å². The molecule has 3 heteroatoms. The molecule has 0 saturated heterocycles. The van der Waals surface area contributed by atoms with E-state index in [1.54, 1.807) is 7.11 Å². The van der Waals surface area contributed by atoms with Gasteiger partial charge in [-0.2, -0.15) is 0 Å². The van der Waals surface area contributed by atoms with Crippen molar-refractivity contribution in [3.8, 4) is 5.75 Å². The number of halogens is 1. The fraction of sp³-hybridized carbons (Fsp3) is 0.500. The minimum absolute atomic E-state index is 0.302. The summed E-state index contributed by atoms with van der Waals surface area (Å²) in [5.74, 6) is 1.68. The molecule has 0 atom stereocenters. The number of Topliss-reactive ketones (excluding diaryl/α,β-unsaturated/α-hetero) is 1. The van der Waals surface area contributed by atoms with Crippen LogP contribution in [-0.2, 0) is 11.2 Å². The van der Waals surface area contributed by atoms with E-state index in [2.05, 4.69) is 29.8 Å². The highest BCUT2D eigenvalue weighted by Crippen LogP contribution is 2.25. The SMILES string of the molecule is COc1ccc(CC(=O)CCC(C)C)cc1Br. The Kier molecular flexibility index (Phi) is 5.69. The number of hydrogen-bond donors (Lipinski definition) is 0. The maximum Gasteiger partial charge on any atom is 0.137 e. The fourth-order valence-electron chi connectivity index (χ4n) is 1.59. The van der Waals surface area contributed by atoms with Crippen molar-refractivity contribution >= 4 is 21.7 Å². The van der Waals surface area contributed by atoms with E-state index < -0.39 is 0 Å². The molecule has 0 heterocycles. The van der Waals surface area contributed by atoms with E-state index in [0.717, 1.165) is 22.2 Å². The lowest BCUT2D eigenvalue weighted by molar-refractivity contribution is -0.118. The molecular weight excluding hydrogens is 280 g/mol. The summed E-state index contributed by atoms with van der Waals surface area (Å²) in [7, 11) is 1.63. The van der Waals surface area contributed by atoms with Crippen LogP contribution in [0.4, 0.5) is 0 Å². The van der Waals surface area contributed by atoms with Crippen molar-refractivity contribution in [1.82, 2.24) is 0 Å². The first-order valence-electron chi connectivity index (χ1n) is 5.87. The Morgan fingerprint density at radius 2 is 2.12 bits per heavy atom. The average Bonchev–Trinajstić information content (AvgIpc) is 2.26. The minimum atomic E-state index is 0.302. The standard InChI is InChI=1S/C14H19BrO2/c1-10(2)4-6-12(16)8-11-5-7-14(17-3)13(15)9-11/h5,7,9-10H,4,6,8H2,1-3H3. The molecule has 0 fully saturated rings. The second kappa shape index (κ2) is 6.80. The van der Waals surface area contributed by atoms with Gasteiger partial charge >= 0.3 is 0 Å². The predicted octanol–water partition coefficient (Wildman–Crippen LogP) is 4.01. The molecule has 1 aromatic carbocycles. The summed E-state index contributed by atoms with van der Waals surface area (Å²) in [5.41, 5.74) is 1.03. The number of ether oxygens (including phenoxy) is 1. The third-order valence-corrected chi connectivity index (χ3v) is 3.24. The van der Waals surface area contributed by atoms with Gasteiger partial charge in [0.15, 0.2) is 0 Å². The summed E-state index contributed by atoms with van der Waals surface area (Å²) in [6.07, 6.45) is 2.15. The van der Waals surface area contributed by atoms with Crippen LogP contribution in [0.25, 0.3) is 0 Å². The van der Waals surface area contributed by atoms with Crippen LogP contribution in [-0.4, -0.2) is 12.9 Å². The Morgan fingerprint density at radius 3 is 2.65 bits per heavy atom. The van der Waals surface area contributed by atoms with Crippen molar-refractivity contribution in [3.05, 3.63) is 28.2 Å². The lowest BCUT2D eigenvalue weighted by Crippen LogP contribution is -2.04. The van der Waals surface area contributed by atoms with Crippen LogP contribution in [0, 0.1) is 5.92 Å². The Labute approximate surface area is 111 Å². The molecule has 0 aliphatic heterocycles. The van der Waals surface area contributed by atoms with Crippen LogP contribution >= 0.6 is 15.9 Å². The highest BCUT2D eigenvalue weighted by molar-refractivity contribution is 9.10. The third kappa shape index (κ3) is 4.90. The zero-order valence-electron chi connectivity index (χ0n) is 10.6. The zero-order chi connectivity index (χ0) is 12.8. The third-order valence-electron chi connectivity index (χ3n) is 2.62. The molecule has 0 N–H and O–H groups in total. The van der Waals surface area contributed by atoms with Gasteiger partial charge < -0.3 is 4.74 Å². The first-order valence-corrected chi connectivity index (χ1v) is 6.66. The van der Waals surface area contributed by atoms with Crippen molar-refractivity contribution in [2.45, 2.75) is 33.1 Å².